The van der Waals surface area contributed by atoms with Crippen LogP contribution in [0.25, 0.3) is 11.6 Å². The summed E-state index contributed by atoms with van der Waals surface area (Å²) in [6, 6.07) is 8.19. The molecule has 0 unspecified atom stereocenters. The average molecular weight is 364 g/mol. The van der Waals surface area contributed by atoms with Crippen LogP contribution in [0, 0.1) is 6.92 Å². The molecule has 0 atom stereocenters. The Morgan fingerprint density at radius 2 is 2.00 bits per heavy atom. The zero-order chi connectivity index (χ0) is 18.8. The van der Waals surface area contributed by atoms with Crippen molar-refractivity contribution in [2.75, 3.05) is 37.7 Å². The molecule has 0 saturated carbocycles. The first kappa shape index (κ1) is 17.5. The van der Waals surface area contributed by atoms with Crippen LogP contribution in [0.4, 0.5) is 10.5 Å². The topological polar surface area (TPSA) is 58.6 Å². The Balaban J connectivity index is 1.54. The molecule has 1 aliphatic heterocycles. The molecule has 0 N–H and O–H groups in total. The van der Waals surface area contributed by atoms with Crippen molar-refractivity contribution in [3.63, 3.8) is 0 Å². The number of allylic oxidation sites excluding steroid dienone is 1. The van der Waals surface area contributed by atoms with Gasteiger partial charge in [0, 0.05) is 55.7 Å². The number of nitrogens with zero attached hydrogens (tertiary/aromatic N) is 4. The van der Waals surface area contributed by atoms with E-state index in [0.717, 1.165) is 36.6 Å². The SMILES string of the molecule is CCOC(=O)N1CCN(c2ccnc3c2C=C(c2cccc(C)n2)C3)CC1. The van der Waals surface area contributed by atoms with Crippen molar-refractivity contribution in [3.05, 3.63) is 53.1 Å². The third-order valence-corrected chi connectivity index (χ3v) is 5.09. The molecule has 6 heteroatoms. The number of hydrogen-bond acceptors (Lipinski definition) is 5. The number of carbonyl (C=O) groups excluding carboxylic acids is 1. The summed E-state index contributed by atoms with van der Waals surface area (Å²) < 4.78 is 5.11. The molecular weight excluding hydrogens is 340 g/mol. The number of aromatic nitrogens is 2. The molecule has 0 spiro atoms. The van der Waals surface area contributed by atoms with Crippen LogP contribution >= 0.6 is 0 Å². The van der Waals surface area contributed by atoms with Gasteiger partial charge in [-0.05, 0) is 43.7 Å². The summed E-state index contributed by atoms with van der Waals surface area (Å²) in [5.74, 6) is 0. The molecule has 2 aliphatic rings. The number of amides is 1. The molecular formula is C21H24N4O2. The summed E-state index contributed by atoms with van der Waals surface area (Å²) in [5.41, 5.74) is 6.71. The molecule has 6 nitrogen and oxygen atoms in total. The predicted molar refractivity (Wildman–Crippen MR) is 106 cm³/mol. The molecule has 1 aliphatic carbocycles. The quantitative estimate of drug-likeness (QED) is 0.837. The van der Waals surface area contributed by atoms with Gasteiger partial charge in [-0.3, -0.25) is 9.97 Å². The molecule has 2 aromatic rings. The van der Waals surface area contributed by atoms with E-state index < -0.39 is 0 Å². The van der Waals surface area contributed by atoms with Crippen LogP contribution in [0.2, 0.25) is 0 Å². The summed E-state index contributed by atoms with van der Waals surface area (Å²) in [4.78, 5) is 25.3. The van der Waals surface area contributed by atoms with Gasteiger partial charge in [0.05, 0.1) is 18.0 Å². The lowest BCUT2D eigenvalue weighted by molar-refractivity contribution is 0.105. The molecule has 0 bridgehead atoms. The van der Waals surface area contributed by atoms with Gasteiger partial charge in [-0.25, -0.2) is 4.79 Å². The largest absolute Gasteiger partial charge is 0.450 e. The van der Waals surface area contributed by atoms with Crippen molar-refractivity contribution in [1.29, 1.82) is 0 Å². The van der Waals surface area contributed by atoms with Crippen LogP contribution in [0.3, 0.4) is 0 Å². The van der Waals surface area contributed by atoms with Gasteiger partial charge < -0.3 is 14.5 Å². The molecule has 0 aromatic carbocycles. The van der Waals surface area contributed by atoms with Crippen LogP contribution in [0.5, 0.6) is 0 Å². The van der Waals surface area contributed by atoms with E-state index in [1.807, 2.05) is 32.2 Å². The van der Waals surface area contributed by atoms with E-state index in [4.69, 9.17) is 4.74 Å². The van der Waals surface area contributed by atoms with E-state index >= 15 is 0 Å². The fourth-order valence-electron chi connectivity index (χ4n) is 3.72. The smallest absolute Gasteiger partial charge is 0.409 e. The maximum atomic E-state index is 11.9. The average Bonchev–Trinajstić information content (AvgIpc) is 3.13. The Morgan fingerprint density at radius 3 is 2.74 bits per heavy atom. The van der Waals surface area contributed by atoms with E-state index in [-0.39, 0.29) is 6.09 Å². The van der Waals surface area contributed by atoms with Crippen molar-refractivity contribution >= 4 is 23.4 Å². The second kappa shape index (κ2) is 7.39. The second-order valence-electron chi connectivity index (χ2n) is 6.87. The van der Waals surface area contributed by atoms with Crippen molar-refractivity contribution in [1.82, 2.24) is 14.9 Å². The minimum absolute atomic E-state index is 0.218. The van der Waals surface area contributed by atoms with Crippen LogP contribution in [-0.4, -0.2) is 53.7 Å². The second-order valence-corrected chi connectivity index (χ2v) is 6.87. The van der Waals surface area contributed by atoms with E-state index in [1.165, 1.54) is 16.8 Å². The van der Waals surface area contributed by atoms with Crippen LogP contribution in [0.15, 0.2) is 30.5 Å². The van der Waals surface area contributed by atoms with Crippen molar-refractivity contribution in [2.45, 2.75) is 20.3 Å². The van der Waals surface area contributed by atoms with Crippen LogP contribution in [0.1, 0.15) is 29.6 Å². The molecule has 1 fully saturated rings. The Labute approximate surface area is 159 Å². The van der Waals surface area contributed by atoms with E-state index in [1.54, 1.807) is 4.90 Å². The summed E-state index contributed by atoms with van der Waals surface area (Å²) >= 11 is 0. The lowest BCUT2D eigenvalue weighted by atomic mass is 10.1. The number of fused-ring (bicyclic) bond motifs is 1. The number of aryl methyl sites for hydroxylation is 1. The summed E-state index contributed by atoms with van der Waals surface area (Å²) in [6.07, 6.45) is 4.69. The van der Waals surface area contributed by atoms with Gasteiger partial charge in [-0.15, -0.1) is 0 Å². The molecule has 27 heavy (non-hydrogen) atoms. The highest BCUT2D eigenvalue weighted by atomic mass is 16.6. The fourth-order valence-corrected chi connectivity index (χ4v) is 3.72. The van der Waals surface area contributed by atoms with E-state index in [9.17, 15) is 4.79 Å². The highest BCUT2D eigenvalue weighted by Gasteiger charge is 2.26. The number of pyridine rings is 2. The molecule has 4 rings (SSSR count). The molecule has 140 valence electrons. The Morgan fingerprint density at radius 1 is 1.19 bits per heavy atom. The number of carbonyl (C=O) groups is 1. The van der Waals surface area contributed by atoms with Gasteiger partial charge in [0.2, 0.25) is 0 Å². The van der Waals surface area contributed by atoms with Gasteiger partial charge in [-0.1, -0.05) is 6.07 Å². The lowest BCUT2D eigenvalue weighted by Crippen LogP contribution is -2.49. The summed E-state index contributed by atoms with van der Waals surface area (Å²) in [7, 11) is 0. The summed E-state index contributed by atoms with van der Waals surface area (Å²) in [5, 5.41) is 0. The standard InChI is InChI=1S/C21H24N4O2/c1-3-27-21(26)25-11-9-24(10-12-25)20-7-8-22-19-14-16(13-17(19)20)18-6-4-5-15(2)23-18/h4-8,13H,3,9-12,14H2,1-2H3. The summed E-state index contributed by atoms with van der Waals surface area (Å²) in [6.45, 7) is 7.19. The minimum Gasteiger partial charge on any atom is -0.450 e. The molecule has 1 saturated heterocycles. The van der Waals surface area contributed by atoms with E-state index in [0.29, 0.717) is 19.7 Å². The normalized spacial score (nSPS) is 16.1. The number of hydrogen-bond donors (Lipinski definition) is 0. The Kier molecular flexibility index (Phi) is 4.79. The van der Waals surface area contributed by atoms with Gasteiger partial charge in [0.1, 0.15) is 0 Å². The fraction of sp³-hybridized carbons (Fsp3) is 0.381. The molecule has 1 amide bonds. The highest BCUT2D eigenvalue weighted by Crippen LogP contribution is 2.35. The molecule has 2 aromatic heterocycles. The lowest BCUT2D eigenvalue weighted by Gasteiger charge is -2.36. The first-order valence-electron chi connectivity index (χ1n) is 9.45. The maximum absolute atomic E-state index is 11.9. The number of anilines is 1. The third kappa shape index (κ3) is 3.52. The first-order valence-corrected chi connectivity index (χ1v) is 9.45. The van der Waals surface area contributed by atoms with Gasteiger partial charge in [0.15, 0.2) is 0 Å². The Bertz CT molecular complexity index is 886. The van der Waals surface area contributed by atoms with Crippen LogP contribution < -0.4 is 4.90 Å². The van der Waals surface area contributed by atoms with Crippen molar-refractivity contribution < 1.29 is 9.53 Å². The number of ether oxygens (including phenoxy) is 1. The number of rotatable bonds is 3. The highest BCUT2D eigenvalue weighted by molar-refractivity contribution is 5.91. The number of piperazine rings is 1. The third-order valence-electron chi connectivity index (χ3n) is 5.09. The minimum atomic E-state index is -0.218. The zero-order valence-corrected chi connectivity index (χ0v) is 15.8. The monoisotopic (exact) mass is 364 g/mol. The van der Waals surface area contributed by atoms with E-state index in [2.05, 4.69) is 33.1 Å². The van der Waals surface area contributed by atoms with Gasteiger partial charge >= 0.3 is 6.09 Å². The molecule has 3 heterocycles. The van der Waals surface area contributed by atoms with Crippen LogP contribution in [-0.2, 0) is 11.2 Å². The predicted octanol–water partition coefficient (Wildman–Crippen LogP) is 3.16. The Hall–Kier alpha value is -2.89. The first-order chi connectivity index (χ1) is 13.2. The zero-order valence-electron chi connectivity index (χ0n) is 15.8. The van der Waals surface area contributed by atoms with Crippen molar-refractivity contribution in [2.24, 2.45) is 0 Å². The molecule has 0 radical (unpaired) electrons. The van der Waals surface area contributed by atoms with Crippen molar-refractivity contribution in [3.8, 4) is 0 Å². The maximum Gasteiger partial charge on any atom is 0.409 e. The van der Waals surface area contributed by atoms with Gasteiger partial charge in [-0.2, -0.15) is 0 Å². The van der Waals surface area contributed by atoms with Gasteiger partial charge in [0.25, 0.3) is 0 Å².